The van der Waals surface area contributed by atoms with E-state index in [9.17, 15) is 4.39 Å². The molecule has 1 fully saturated rings. The summed E-state index contributed by atoms with van der Waals surface area (Å²) in [7, 11) is 0.0576. The molecule has 4 heteroatoms. The molecule has 102 valence electrons. The first-order chi connectivity index (χ1) is 9.08. The quantitative estimate of drug-likeness (QED) is 0.448. The highest BCUT2D eigenvalue weighted by atomic mass is 32.2. The molecule has 0 aliphatic carbocycles. The van der Waals surface area contributed by atoms with E-state index >= 15 is 0 Å². The zero-order chi connectivity index (χ0) is 13.8. The number of hydrogen-bond donors (Lipinski definition) is 0. The SMILES string of the molecule is C[C@H]1COCCC1c1cc(C#C[S+](C)C)cnc1F. The van der Waals surface area contributed by atoms with Crippen molar-refractivity contribution in [1.82, 2.24) is 4.98 Å². The van der Waals surface area contributed by atoms with Gasteiger partial charge >= 0.3 is 0 Å². The molecule has 0 amide bonds. The molecule has 0 spiro atoms. The smallest absolute Gasteiger partial charge is 0.216 e. The average Bonchev–Trinajstić information content (AvgIpc) is 2.38. The molecule has 0 radical (unpaired) electrons. The molecule has 1 aromatic heterocycles. The molecule has 0 aromatic carbocycles. The molecule has 19 heavy (non-hydrogen) atoms. The predicted octanol–water partition coefficient (Wildman–Crippen LogP) is 2.55. The highest BCUT2D eigenvalue weighted by molar-refractivity contribution is 8.00. The third kappa shape index (κ3) is 3.71. The van der Waals surface area contributed by atoms with Crippen molar-refractivity contribution in [3.05, 3.63) is 29.3 Å². The van der Waals surface area contributed by atoms with Crippen LogP contribution >= 0.6 is 0 Å². The summed E-state index contributed by atoms with van der Waals surface area (Å²) < 4.78 is 19.3. The van der Waals surface area contributed by atoms with E-state index in [1.807, 2.05) is 6.07 Å². The lowest BCUT2D eigenvalue weighted by atomic mass is 9.84. The molecule has 1 aliphatic heterocycles. The molecule has 2 nitrogen and oxygen atoms in total. The molecule has 0 N–H and O–H groups in total. The fourth-order valence-electron chi connectivity index (χ4n) is 2.30. The number of pyridine rings is 1. The first-order valence-electron chi connectivity index (χ1n) is 6.40. The van der Waals surface area contributed by atoms with Crippen LogP contribution in [0, 0.1) is 23.0 Å². The zero-order valence-corrected chi connectivity index (χ0v) is 12.4. The summed E-state index contributed by atoms with van der Waals surface area (Å²) in [5, 5.41) is 3.11. The van der Waals surface area contributed by atoms with Crippen LogP contribution in [0.25, 0.3) is 0 Å². The lowest BCUT2D eigenvalue weighted by Crippen LogP contribution is -2.24. The van der Waals surface area contributed by atoms with E-state index in [2.05, 4.69) is 35.6 Å². The van der Waals surface area contributed by atoms with Crippen LogP contribution in [0.5, 0.6) is 0 Å². The van der Waals surface area contributed by atoms with Crippen molar-refractivity contribution in [2.45, 2.75) is 19.3 Å². The monoisotopic (exact) mass is 280 g/mol. The van der Waals surface area contributed by atoms with Gasteiger partial charge in [0, 0.05) is 30.5 Å². The topological polar surface area (TPSA) is 22.1 Å². The summed E-state index contributed by atoms with van der Waals surface area (Å²) >= 11 is 0. The highest BCUT2D eigenvalue weighted by Crippen LogP contribution is 2.32. The van der Waals surface area contributed by atoms with Gasteiger partial charge in [-0.15, -0.1) is 0 Å². The van der Waals surface area contributed by atoms with Gasteiger partial charge in [0.25, 0.3) is 0 Å². The first-order valence-corrected chi connectivity index (χ1v) is 8.44. The highest BCUT2D eigenvalue weighted by Gasteiger charge is 2.26. The normalized spacial score (nSPS) is 23.0. The summed E-state index contributed by atoms with van der Waals surface area (Å²) in [6.07, 6.45) is 6.49. The third-order valence-electron chi connectivity index (χ3n) is 3.31. The Morgan fingerprint density at radius 3 is 2.95 bits per heavy atom. The van der Waals surface area contributed by atoms with Crippen LogP contribution in [0.15, 0.2) is 12.3 Å². The van der Waals surface area contributed by atoms with Crippen molar-refractivity contribution in [2.24, 2.45) is 5.92 Å². The summed E-state index contributed by atoms with van der Waals surface area (Å²) in [5.41, 5.74) is 1.49. The van der Waals surface area contributed by atoms with E-state index in [1.165, 1.54) is 6.20 Å². The number of halogens is 1. The van der Waals surface area contributed by atoms with E-state index in [1.54, 1.807) is 0 Å². The number of aromatic nitrogens is 1. The van der Waals surface area contributed by atoms with Gasteiger partial charge in [-0.3, -0.25) is 0 Å². The van der Waals surface area contributed by atoms with E-state index in [0.717, 1.165) is 12.0 Å². The van der Waals surface area contributed by atoms with Crippen LogP contribution in [-0.4, -0.2) is 30.7 Å². The Hall–Kier alpha value is -1.05. The Morgan fingerprint density at radius 1 is 1.47 bits per heavy atom. The van der Waals surface area contributed by atoms with Gasteiger partial charge in [-0.25, -0.2) is 4.98 Å². The molecule has 0 saturated carbocycles. The number of ether oxygens (including phenoxy) is 1. The van der Waals surface area contributed by atoms with Crippen molar-refractivity contribution in [1.29, 1.82) is 0 Å². The third-order valence-corrected chi connectivity index (χ3v) is 3.82. The maximum atomic E-state index is 13.9. The van der Waals surface area contributed by atoms with Gasteiger partial charge in [-0.05, 0) is 30.2 Å². The van der Waals surface area contributed by atoms with Crippen molar-refractivity contribution < 1.29 is 9.13 Å². The van der Waals surface area contributed by atoms with Gasteiger partial charge in [-0.1, -0.05) is 6.92 Å². The Morgan fingerprint density at radius 2 is 2.26 bits per heavy atom. The molecule has 2 atom stereocenters. The Kier molecular flexibility index (Phi) is 4.84. The lowest BCUT2D eigenvalue weighted by molar-refractivity contribution is 0.0463. The molecule has 1 saturated heterocycles. The van der Waals surface area contributed by atoms with Gasteiger partial charge in [0.15, 0.2) is 5.25 Å². The van der Waals surface area contributed by atoms with Crippen molar-refractivity contribution in [2.75, 3.05) is 25.7 Å². The Balaban J connectivity index is 2.29. The first kappa shape index (κ1) is 14.4. The zero-order valence-electron chi connectivity index (χ0n) is 11.6. The average molecular weight is 280 g/mol. The van der Waals surface area contributed by atoms with Crippen LogP contribution in [0.4, 0.5) is 4.39 Å². The van der Waals surface area contributed by atoms with E-state index in [-0.39, 0.29) is 22.8 Å². The van der Waals surface area contributed by atoms with Crippen LogP contribution in [0.3, 0.4) is 0 Å². The van der Waals surface area contributed by atoms with Crippen LogP contribution in [-0.2, 0) is 15.6 Å². The van der Waals surface area contributed by atoms with E-state index < -0.39 is 0 Å². The molecule has 2 heterocycles. The van der Waals surface area contributed by atoms with Gasteiger partial charge in [0.2, 0.25) is 5.95 Å². The Bertz CT molecular complexity index is 507. The van der Waals surface area contributed by atoms with Gasteiger partial charge in [0.1, 0.15) is 12.5 Å². The minimum atomic E-state index is -0.365. The maximum Gasteiger partial charge on any atom is 0.216 e. The fourth-order valence-corrected chi connectivity index (χ4v) is 2.62. The molecular formula is C15H19FNOS+. The molecule has 1 aromatic rings. The summed E-state index contributed by atoms with van der Waals surface area (Å²) in [6.45, 7) is 3.47. The van der Waals surface area contributed by atoms with E-state index in [0.29, 0.717) is 24.7 Å². The number of rotatable bonds is 1. The van der Waals surface area contributed by atoms with Gasteiger partial charge < -0.3 is 4.74 Å². The second kappa shape index (κ2) is 6.40. The summed E-state index contributed by atoms with van der Waals surface area (Å²) in [6, 6.07) is 1.86. The standard InChI is InChI=1S/C15H19FNOS/c1-11-10-18-6-4-13(11)14-8-12(5-7-19(2)3)9-17-15(14)16/h8-9,11,13H,4,6,10H2,1-3H3/q+1/t11-,13?/m0/s1. The van der Waals surface area contributed by atoms with Crippen molar-refractivity contribution in [3.8, 4) is 11.2 Å². The second-order valence-electron chi connectivity index (χ2n) is 5.09. The van der Waals surface area contributed by atoms with Gasteiger partial charge in [0.05, 0.1) is 10.9 Å². The van der Waals surface area contributed by atoms with E-state index in [4.69, 9.17) is 4.74 Å². The lowest BCUT2D eigenvalue weighted by Gasteiger charge is -2.29. The predicted molar refractivity (Wildman–Crippen MR) is 77.6 cm³/mol. The fraction of sp³-hybridized carbons (Fsp3) is 0.533. The van der Waals surface area contributed by atoms with Crippen molar-refractivity contribution in [3.63, 3.8) is 0 Å². The molecule has 0 bridgehead atoms. The molecule has 1 aliphatic rings. The number of nitrogens with zero attached hydrogens (tertiary/aromatic N) is 1. The van der Waals surface area contributed by atoms with Crippen molar-refractivity contribution >= 4 is 10.9 Å². The van der Waals surface area contributed by atoms with Crippen LogP contribution in [0.2, 0.25) is 0 Å². The largest absolute Gasteiger partial charge is 0.381 e. The molecule has 2 rings (SSSR count). The maximum absolute atomic E-state index is 13.9. The molecule has 1 unspecified atom stereocenters. The number of hydrogen-bond acceptors (Lipinski definition) is 2. The van der Waals surface area contributed by atoms with Crippen LogP contribution in [0.1, 0.15) is 30.4 Å². The minimum absolute atomic E-state index is 0.0576. The summed E-state index contributed by atoms with van der Waals surface area (Å²) in [4.78, 5) is 3.86. The van der Waals surface area contributed by atoms with Crippen LogP contribution < -0.4 is 0 Å². The second-order valence-corrected chi connectivity index (χ2v) is 6.93. The minimum Gasteiger partial charge on any atom is -0.381 e. The Labute approximate surface area is 117 Å². The molecular weight excluding hydrogens is 261 g/mol. The van der Waals surface area contributed by atoms with Gasteiger partial charge in [-0.2, -0.15) is 4.39 Å². The summed E-state index contributed by atoms with van der Waals surface area (Å²) in [5.74, 6) is 3.21.